The molecule has 2 heterocycles. The van der Waals surface area contributed by atoms with Crippen molar-refractivity contribution in [3.8, 4) is 11.3 Å². The largest absolute Gasteiger partial charge is 0.348 e. The molecule has 1 atom stereocenters. The molecular formula is C21H29N3OS. The summed E-state index contributed by atoms with van der Waals surface area (Å²) in [6.07, 6.45) is 6.59. The van der Waals surface area contributed by atoms with E-state index in [0.29, 0.717) is 0 Å². The van der Waals surface area contributed by atoms with Crippen LogP contribution in [-0.2, 0) is 4.79 Å². The Hall–Kier alpha value is -1.88. The van der Waals surface area contributed by atoms with Crippen LogP contribution in [0.3, 0.4) is 0 Å². The van der Waals surface area contributed by atoms with E-state index >= 15 is 0 Å². The van der Waals surface area contributed by atoms with Crippen molar-refractivity contribution in [1.82, 2.24) is 4.98 Å². The van der Waals surface area contributed by atoms with Crippen LogP contribution >= 0.6 is 11.3 Å². The number of nitrogens with one attached hydrogen (secondary N) is 1. The van der Waals surface area contributed by atoms with Gasteiger partial charge in [0.1, 0.15) is 0 Å². The van der Waals surface area contributed by atoms with Crippen LogP contribution in [-0.4, -0.2) is 24.0 Å². The van der Waals surface area contributed by atoms with Crippen LogP contribution in [0.1, 0.15) is 52.4 Å². The maximum Gasteiger partial charge on any atom is 0.227 e. The molecule has 26 heavy (non-hydrogen) atoms. The fourth-order valence-electron chi connectivity index (χ4n) is 3.42. The van der Waals surface area contributed by atoms with Gasteiger partial charge in [0.2, 0.25) is 5.91 Å². The van der Waals surface area contributed by atoms with E-state index < -0.39 is 0 Å². The van der Waals surface area contributed by atoms with Crippen LogP contribution in [0.4, 0.5) is 10.8 Å². The Bertz CT molecular complexity index is 722. The van der Waals surface area contributed by atoms with Gasteiger partial charge in [0.05, 0.1) is 5.69 Å². The molecular weight excluding hydrogens is 342 g/mol. The highest BCUT2D eigenvalue weighted by atomic mass is 32.1. The highest BCUT2D eigenvalue weighted by Gasteiger charge is 2.18. The fraction of sp³-hybridized carbons (Fsp3) is 0.524. The number of unbranched alkanes of at least 4 members (excludes halogenated alkanes) is 1. The normalized spacial score (nSPS) is 15.2. The Morgan fingerprint density at radius 2 is 2.12 bits per heavy atom. The molecule has 0 bridgehead atoms. The second-order valence-corrected chi connectivity index (χ2v) is 7.86. The number of aromatic nitrogens is 1. The number of rotatable bonds is 8. The quantitative estimate of drug-likeness (QED) is 0.660. The minimum atomic E-state index is 0.0969. The van der Waals surface area contributed by atoms with Gasteiger partial charge in [0, 0.05) is 35.6 Å². The molecule has 1 aliphatic rings. The minimum Gasteiger partial charge on any atom is -0.348 e. The molecule has 1 fully saturated rings. The Morgan fingerprint density at radius 3 is 2.85 bits per heavy atom. The molecule has 1 aromatic carbocycles. The van der Waals surface area contributed by atoms with Gasteiger partial charge in [0.15, 0.2) is 5.13 Å². The van der Waals surface area contributed by atoms with E-state index in [9.17, 15) is 4.79 Å². The fourth-order valence-corrected chi connectivity index (χ4v) is 4.31. The first-order valence-electron chi connectivity index (χ1n) is 9.83. The van der Waals surface area contributed by atoms with E-state index in [4.69, 9.17) is 4.98 Å². The first-order valence-corrected chi connectivity index (χ1v) is 10.7. The lowest BCUT2D eigenvalue weighted by molar-refractivity contribution is -0.120. The van der Waals surface area contributed by atoms with Gasteiger partial charge >= 0.3 is 0 Å². The van der Waals surface area contributed by atoms with Crippen molar-refractivity contribution in [2.45, 2.75) is 52.4 Å². The summed E-state index contributed by atoms with van der Waals surface area (Å²) >= 11 is 1.71. The van der Waals surface area contributed by atoms with Crippen LogP contribution in [0.5, 0.6) is 0 Å². The van der Waals surface area contributed by atoms with Gasteiger partial charge in [-0.25, -0.2) is 4.98 Å². The summed E-state index contributed by atoms with van der Waals surface area (Å²) in [7, 11) is 0. The summed E-state index contributed by atoms with van der Waals surface area (Å²) in [5.74, 6) is 0.230. The second kappa shape index (κ2) is 9.17. The van der Waals surface area contributed by atoms with Crippen molar-refractivity contribution in [2.24, 2.45) is 5.92 Å². The first-order chi connectivity index (χ1) is 12.7. The standard InChI is InChI=1S/C21H29N3OS/c1-3-5-9-16(4-2)20(25)22-18-11-8-10-17(14-18)19-15-26-21(23-19)24-12-6-7-13-24/h8,10-11,14-16H,3-7,9,12-13H2,1-2H3,(H,22,25)/t16-/m0/s1. The summed E-state index contributed by atoms with van der Waals surface area (Å²) in [6.45, 7) is 6.47. The lowest BCUT2D eigenvalue weighted by Gasteiger charge is -2.15. The molecule has 1 aliphatic heterocycles. The van der Waals surface area contributed by atoms with Gasteiger partial charge in [-0.15, -0.1) is 11.3 Å². The van der Waals surface area contributed by atoms with Gasteiger partial charge < -0.3 is 10.2 Å². The maximum absolute atomic E-state index is 12.5. The molecule has 1 aromatic heterocycles. The van der Waals surface area contributed by atoms with Crippen molar-refractivity contribution in [3.05, 3.63) is 29.6 Å². The minimum absolute atomic E-state index is 0.0969. The van der Waals surface area contributed by atoms with Gasteiger partial charge in [0.25, 0.3) is 0 Å². The van der Waals surface area contributed by atoms with E-state index in [-0.39, 0.29) is 11.8 Å². The zero-order valence-electron chi connectivity index (χ0n) is 15.8. The van der Waals surface area contributed by atoms with Crippen LogP contribution in [0.15, 0.2) is 29.6 Å². The van der Waals surface area contributed by atoms with E-state index in [1.54, 1.807) is 11.3 Å². The Morgan fingerprint density at radius 1 is 1.31 bits per heavy atom. The van der Waals surface area contributed by atoms with Gasteiger partial charge in [-0.3, -0.25) is 4.79 Å². The molecule has 5 heteroatoms. The number of anilines is 2. The molecule has 0 spiro atoms. The highest BCUT2D eigenvalue weighted by molar-refractivity contribution is 7.14. The summed E-state index contributed by atoms with van der Waals surface area (Å²) < 4.78 is 0. The lowest BCUT2D eigenvalue weighted by Crippen LogP contribution is -2.22. The zero-order chi connectivity index (χ0) is 18.4. The monoisotopic (exact) mass is 371 g/mol. The van der Waals surface area contributed by atoms with Gasteiger partial charge in [-0.2, -0.15) is 0 Å². The first kappa shape index (κ1) is 18.9. The molecule has 2 aromatic rings. The maximum atomic E-state index is 12.5. The third kappa shape index (κ3) is 4.64. The van der Waals surface area contributed by atoms with Crippen molar-refractivity contribution in [1.29, 1.82) is 0 Å². The molecule has 1 amide bonds. The lowest BCUT2D eigenvalue weighted by atomic mass is 9.98. The number of hydrogen-bond donors (Lipinski definition) is 1. The second-order valence-electron chi connectivity index (χ2n) is 7.03. The van der Waals surface area contributed by atoms with Crippen LogP contribution in [0.25, 0.3) is 11.3 Å². The summed E-state index contributed by atoms with van der Waals surface area (Å²) in [6, 6.07) is 8.05. The molecule has 0 aliphatic carbocycles. The molecule has 0 saturated carbocycles. The summed E-state index contributed by atoms with van der Waals surface area (Å²) in [4.78, 5) is 19.7. The van der Waals surface area contributed by atoms with Crippen LogP contribution in [0, 0.1) is 5.92 Å². The van der Waals surface area contributed by atoms with E-state index in [2.05, 4.69) is 35.5 Å². The van der Waals surface area contributed by atoms with Crippen LogP contribution < -0.4 is 10.2 Å². The predicted octanol–water partition coefficient (Wildman–Crippen LogP) is 5.57. The summed E-state index contributed by atoms with van der Waals surface area (Å²) in [5, 5.41) is 6.32. The number of hydrogen-bond acceptors (Lipinski definition) is 4. The van der Waals surface area contributed by atoms with E-state index in [0.717, 1.165) is 60.8 Å². The SMILES string of the molecule is CCCC[C@H](CC)C(=O)Nc1cccc(-c2csc(N3CCCC3)n2)c1. The number of amides is 1. The van der Waals surface area contributed by atoms with Crippen molar-refractivity contribution in [3.63, 3.8) is 0 Å². The Balaban J connectivity index is 1.69. The summed E-state index contributed by atoms with van der Waals surface area (Å²) in [5.41, 5.74) is 2.91. The van der Waals surface area contributed by atoms with Crippen molar-refractivity contribution < 1.29 is 4.79 Å². The Labute approximate surface area is 160 Å². The van der Waals surface area contributed by atoms with Crippen molar-refractivity contribution in [2.75, 3.05) is 23.3 Å². The molecule has 4 nitrogen and oxygen atoms in total. The Kier molecular flexibility index (Phi) is 6.67. The molecule has 1 N–H and O–H groups in total. The average molecular weight is 372 g/mol. The van der Waals surface area contributed by atoms with Crippen molar-refractivity contribution >= 4 is 28.1 Å². The molecule has 0 radical (unpaired) electrons. The molecule has 3 rings (SSSR count). The number of carbonyl (C=O) groups excluding carboxylic acids is 1. The average Bonchev–Trinajstić information content (AvgIpc) is 3.34. The molecule has 0 unspecified atom stereocenters. The number of carbonyl (C=O) groups is 1. The van der Waals surface area contributed by atoms with Gasteiger partial charge in [-0.1, -0.05) is 38.8 Å². The third-order valence-corrected chi connectivity index (χ3v) is 5.97. The smallest absolute Gasteiger partial charge is 0.227 e. The number of benzene rings is 1. The molecule has 140 valence electrons. The number of thiazole rings is 1. The topological polar surface area (TPSA) is 45.2 Å². The third-order valence-electron chi connectivity index (χ3n) is 5.06. The van der Waals surface area contributed by atoms with Crippen LogP contribution in [0.2, 0.25) is 0 Å². The van der Waals surface area contributed by atoms with Gasteiger partial charge in [-0.05, 0) is 37.8 Å². The van der Waals surface area contributed by atoms with E-state index in [1.807, 2.05) is 18.2 Å². The predicted molar refractivity (Wildman–Crippen MR) is 111 cm³/mol. The van der Waals surface area contributed by atoms with E-state index in [1.165, 1.54) is 12.8 Å². The molecule has 1 saturated heterocycles. The number of nitrogens with zero attached hydrogens (tertiary/aromatic N) is 2. The highest BCUT2D eigenvalue weighted by Crippen LogP contribution is 2.30. The zero-order valence-corrected chi connectivity index (χ0v) is 16.6.